The van der Waals surface area contributed by atoms with E-state index in [1.54, 1.807) is 36.4 Å². The summed E-state index contributed by atoms with van der Waals surface area (Å²) < 4.78 is 12.4. The lowest BCUT2D eigenvalue weighted by Crippen LogP contribution is -2.13. The largest absolute Gasteiger partial charge is 0.606 e. The summed E-state index contributed by atoms with van der Waals surface area (Å²) in [5, 5.41) is 0. The van der Waals surface area contributed by atoms with Crippen molar-refractivity contribution in [3.8, 4) is 0 Å². The van der Waals surface area contributed by atoms with Crippen LogP contribution in [-0.4, -0.2) is 16.4 Å². The van der Waals surface area contributed by atoms with Crippen LogP contribution in [0.3, 0.4) is 0 Å². The van der Waals surface area contributed by atoms with Gasteiger partial charge in [-0.1, -0.05) is 12.1 Å². The number of hydrogen-bond donors (Lipinski definition) is 2. The lowest BCUT2D eigenvalue weighted by molar-refractivity contribution is 0.0991. The predicted molar refractivity (Wildman–Crippen MR) is 74.6 cm³/mol. The number of rotatable bonds is 4. The summed E-state index contributed by atoms with van der Waals surface area (Å²) in [6, 6.07) is 12.5. The van der Waals surface area contributed by atoms with E-state index in [4.69, 9.17) is 11.5 Å². The summed E-state index contributed by atoms with van der Waals surface area (Å²) >= 11 is -1.52. The summed E-state index contributed by atoms with van der Waals surface area (Å²) in [5.74, 6) is -1.18. The van der Waals surface area contributed by atoms with E-state index in [2.05, 4.69) is 0 Å². The van der Waals surface area contributed by atoms with Gasteiger partial charge in [-0.15, -0.1) is 0 Å². The molecule has 4 N–H and O–H groups in total. The molecule has 102 valence electrons. The van der Waals surface area contributed by atoms with Crippen LogP contribution in [0.25, 0.3) is 0 Å². The average molecular weight is 288 g/mol. The third-order valence-electron chi connectivity index (χ3n) is 2.67. The Morgan fingerprint density at radius 1 is 0.850 bits per heavy atom. The zero-order chi connectivity index (χ0) is 14.7. The number of nitrogens with two attached hydrogens (primary N) is 2. The van der Waals surface area contributed by atoms with E-state index in [0.29, 0.717) is 9.79 Å². The number of primary amides is 2. The molecule has 2 aromatic carbocycles. The maximum absolute atomic E-state index is 12.4. The zero-order valence-corrected chi connectivity index (χ0v) is 11.2. The molecule has 0 aliphatic carbocycles. The molecule has 0 unspecified atom stereocenters. The fraction of sp³-hybridized carbons (Fsp3) is 0. The second kappa shape index (κ2) is 5.77. The van der Waals surface area contributed by atoms with Crippen molar-refractivity contribution in [3.63, 3.8) is 0 Å². The molecular weight excluding hydrogens is 276 g/mol. The molecule has 0 radical (unpaired) electrons. The highest BCUT2D eigenvalue weighted by Gasteiger charge is 2.17. The molecule has 5 nitrogen and oxygen atoms in total. The van der Waals surface area contributed by atoms with Crippen LogP contribution in [0.5, 0.6) is 0 Å². The molecule has 0 fully saturated rings. The third kappa shape index (κ3) is 2.98. The summed E-state index contributed by atoms with van der Waals surface area (Å²) in [4.78, 5) is 23.1. The van der Waals surface area contributed by atoms with Gasteiger partial charge in [0.05, 0.1) is 0 Å². The Morgan fingerprint density at radius 3 is 1.60 bits per heavy atom. The van der Waals surface area contributed by atoms with Gasteiger partial charge in [0, 0.05) is 34.4 Å². The standard InChI is InChI=1S/C14H12N2O3S/c15-13(17)9-3-1-5-11(7-9)20(19)12-6-2-4-10(8-12)14(16)18/h1-8H,(H2,15,17)(H2,16,18). The Hall–Kier alpha value is -2.31. The Labute approximate surface area is 118 Å². The molecule has 0 saturated carbocycles. The first-order valence-electron chi connectivity index (χ1n) is 5.70. The van der Waals surface area contributed by atoms with Crippen LogP contribution in [0, 0.1) is 0 Å². The quantitative estimate of drug-likeness (QED) is 0.820. The first-order valence-corrected chi connectivity index (χ1v) is 6.85. The second-order valence-corrected chi connectivity index (χ2v) is 5.53. The second-order valence-electron chi connectivity index (χ2n) is 4.05. The van der Waals surface area contributed by atoms with E-state index in [9.17, 15) is 14.1 Å². The smallest absolute Gasteiger partial charge is 0.248 e. The number of carbonyl (C=O) groups is 2. The summed E-state index contributed by atoms with van der Waals surface area (Å²) in [6.07, 6.45) is 0. The van der Waals surface area contributed by atoms with Gasteiger partial charge in [0.15, 0.2) is 9.79 Å². The number of carbonyl (C=O) groups excluding carboxylic acids is 2. The highest BCUT2D eigenvalue weighted by molar-refractivity contribution is 7.91. The van der Waals surface area contributed by atoms with Gasteiger partial charge >= 0.3 is 0 Å². The van der Waals surface area contributed by atoms with Gasteiger partial charge in [-0.2, -0.15) is 0 Å². The molecular formula is C14H12N2O3S. The fourth-order valence-corrected chi connectivity index (χ4v) is 2.81. The zero-order valence-electron chi connectivity index (χ0n) is 10.4. The van der Waals surface area contributed by atoms with Crippen molar-refractivity contribution in [3.05, 3.63) is 59.7 Å². The Morgan fingerprint density at radius 2 is 1.25 bits per heavy atom. The van der Waals surface area contributed by atoms with Crippen molar-refractivity contribution in [2.75, 3.05) is 0 Å². The maximum atomic E-state index is 12.4. The first-order chi connectivity index (χ1) is 9.49. The Bertz CT molecular complexity index is 615. The molecule has 0 heterocycles. The van der Waals surface area contributed by atoms with Crippen molar-refractivity contribution in [1.29, 1.82) is 0 Å². The molecule has 0 aliphatic rings. The summed E-state index contributed by atoms with van der Waals surface area (Å²) in [5.41, 5.74) is 10.9. The van der Waals surface area contributed by atoms with Crippen LogP contribution in [0.2, 0.25) is 0 Å². The van der Waals surface area contributed by atoms with Gasteiger partial charge in [0.2, 0.25) is 11.8 Å². The molecule has 0 saturated heterocycles. The molecule has 20 heavy (non-hydrogen) atoms. The minimum atomic E-state index is -1.52. The third-order valence-corrected chi connectivity index (χ3v) is 4.03. The van der Waals surface area contributed by atoms with Crippen LogP contribution in [-0.2, 0) is 11.2 Å². The van der Waals surface area contributed by atoms with E-state index in [-0.39, 0.29) is 11.1 Å². The molecule has 0 atom stereocenters. The highest BCUT2D eigenvalue weighted by Crippen LogP contribution is 2.22. The van der Waals surface area contributed by atoms with Gasteiger partial charge in [-0.25, -0.2) is 0 Å². The van der Waals surface area contributed by atoms with Crippen molar-refractivity contribution in [2.45, 2.75) is 9.79 Å². The molecule has 2 aromatic rings. The molecule has 2 rings (SSSR count). The van der Waals surface area contributed by atoms with Crippen LogP contribution in [0.1, 0.15) is 20.7 Å². The van der Waals surface area contributed by atoms with E-state index in [1.807, 2.05) is 0 Å². The minimum Gasteiger partial charge on any atom is -0.606 e. The van der Waals surface area contributed by atoms with E-state index in [1.165, 1.54) is 12.1 Å². The SMILES string of the molecule is NC(=O)c1cccc([S+]([O-])c2cccc(C(N)=O)c2)c1. The van der Waals surface area contributed by atoms with Crippen LogP contribution in [0.15, 0.2) is 58.3 Å². The minimum absolute atomic E-state index is 0.280. The van der Waals surface area contributed by atoms with E-state index < -0.39 is 23.0 Å². The lowest BCUT2D eigenvalue weighted by atomic mass is 10.2. The maximum Gasteiger partial charge on any atom is 0.248 e. The van der Waals surface area contributed by atoms with Gasteiger partial charge in [0.1, 0.15) is 0 Å². The monoisotopic (exact) mass is 288 g/mol. The first kappa shape index (κ1) is 14.1. The topological polar surface area (TPSA) is 109 Å². The van der Waals surface area contributed by atoms with E-state index in [0.717, 1.165) is 0 Å². The van der Waals surface area contributed by atoms with Gasteiger partial charge in [0.25, 0.3) is 0 Å². The fourth-order valence-electron chi connectivity index (χ4n) is 1.67. The molecule has 0 aromatic heterocycles. The average Bonchev–Trinajstić information content (AvgIpc) is 2.46. The normalized spacial score (nSPS) is 10.5. The summed E-state index contributed by atoms with van der Waals surface area (Å²) in [7, 11) is 0. The molecule has 0 bridgehead atoms. The summed E-state index contributed by atoms with van der Waals surface area (Å²) in [6.45, 7) is 0. The number of benzene rings is 2. The molecule has 0 spiro atoms. The highest BCUT2D eigenvalue weighted by atomic mass is 32.2. The Kier molecular flexibility index (Phi) is 4.07. The van der Waals surface area contributed by atoms with Crippen LogP contribution >= 0.6 is 0 Å². The van der Waals surface area contributed by atoms with Crippen LogP contribution in [0.4, 0.5) is 0 Å². The van der Waals surface area contributed by atoms with Crippen molar-refractivity contribution < 1.29 is 14.1 Å². The molecule has 6 heteroatoms. The van der Waals surface area contributed by atoms with E-state index >= 15 is 0 Å². The van der Waals surface area contributed by atoms with Gasteiger partial charge in [-0.05, 0) is 24.3 Å². The number of hydrogen-bond acceptors (Lipinski definition) is 3. The van der Waals surface area contributed by atoms with Crippen LogP contribution < -0.4 is 11.5 Å². The van der Waals surface area contributed by atoms with Gasteiger partial charge < -0.3 is 16.0 Å². The van der Waals surface area contributed by atoms with Crippen molar-refractivity contribution in [2.24, 2.45) is 11.5 Å². The molecule has 0 aliphatic heterocycles. The lowest BCUT2D eigenvalue weighted by Gasteiger charge is -2.11. The van der Waals surface area contributed by atoms with Crippen molar-refractivity contribution >= 4 is 23.0 Å². The van der Waals surface area contributed by atoms with Gasteiger partial charge in [-0.3, -0.25) is 9.59 Å². The predicted octanol–water partition coefficient (Wildman–Crippen LogP) is 1.05. The number of amides is 2. The van der Waals surface area contributed by atoms with Crippen molar-refractivity contribution in [1.82, 2.24) is 0 Å². The molecule has 2 amide bonds. The Balaban J connectivity index is 2.38.